The van der Waals surface area contributed by atoms with Crippen molar-refractivity contribution >= 4 is 28.5 Å². The Morgan fingerprint density at radius 1 is 0.892 bits per heavy atom. The van der Waals surface area contributed by atoms with Gasteiger partial charge in [0.2, 0.25) is 5.76 Å². The van der Waals surface area contributed by atoms with Gasteiger partial charge in [-0.05, 0) is 37.1 Å². The van der Waals surface area contributed by atoms with Crippen molar-refractivity contribution in [2.45, 2.75) is 25.4 Å². The van der Waals surface area contributed by atoms with Crippen molar-refractivity contribution < 1.29 is 18.7 Å². The lowest BCUT2D eigenvalue weighted by Crippen LogP contribution is -2.53. The van der Waals surface area contributed by atoms with Gasteiger partial charge in [-0.1, -0.05) is 60.7 Å². The van der Waals surface area contributed by atoms with Gasteiger partial charge in [-0.3, -0.25) is 14.4 Å². The molecular formula is C30H26N2O5. The van der Waals surface area contributed by atoms with E-state index >= 15 is 0 Å². The zero-order valence-electron chi connectivity index (χ0n) is 20.5. The molecular weight excluding hydrogens is 468 g/mol. The summed E-state index contributed by atoms with van der Waals surface area (Å²) in [6.45, 7) is 3.44. The fraction of sp³-hybridized carbons (Fsp3) is 0.233. The number of ether oxygens (including phenoxy) is 1. The zero-order valence-corrected chi connectivity index (χ0v) is 20.5. The van der Waals surface area contributed by atoms with Crippen molar-refractivity contribution in [2.24, 2.45) is 0 Å². The SMILES string of the molecule is CCOCCCN1C(=O)c2oc3ccccc3c(=O)c2[C@]12C(=O)N(Cc1ccccc1)c1ccccc12. The number of fused-ring (bicyclic) bond motifs is 5. The molecule has 3 heterocycles. The summed E-state index contributed by atoms with van der Waals surface area (Å²) in [5.41, 5.74) is 0.699. The van der Waals surface area contributed by atoms with Crippen LogP contribution < -0.4 is 10.3 Å². The molecule has 2 aliphatic rings. The van der Waals surface area contributed by atoms with Crippen LogP contribution in [0.4, 0.5) is 5.69 Å². The molecule has 6 rings (SSSR count). The van der Waals surface area contributed by atoms with Crippen LogP contribution in [0.25, 0.3) is 11.0 Å². The highest BCUT2D eigenvalue weighted by molar-refractivity contribution is 6.17. The number of carbonyl (C=O) groups is 2. The monoisotopic (exact) mass is 494 g/mol. The van der Waals surface area contributed by atoms with E-state index in [2.05, 4.69) is 0 Å². The van der Waals surface area contributed by atoms with Crippen LogP contribution in [-0.4, -0.2) is 36.5 Å². The number of para-hydroxylation sites is 2. The van der Waals surface area contributed by atoms with E-state index in [9.17, 15) is 14.4 Å². The summed E-state index contributed by atoms with van der Waals surface area (Å²) in [6, 6.07) is 23.9. The van der Waals surface area contributed by atoms with E-state index in [1.54, 1.807) is 29.2 Å². The Kier molecular flexibility index (Phi) is 5.65. The number of benzene rings is 3. The Bertz CT molecular complexity index is 1580. The first-order chi connectivity index (χ1) is 18.1. The number of rotatable bonds is 7. The number of amides is 2. The van der Waals surface area contributed by atoms with Gasteiger partial charge >= 0.3 is 0 Å². The molecule has 1 aromatic heterocycles. The number of nitrogens with zero attached hydrogens (tertiary/aromatic N) is 2. The van der Waals surface area contributed by atoms with Crippen molar-refractivity contribution in [1.82, 2.24) is 4.90 Å². The van der Waals surface area contributed by atoms with Gasteiger partial charge in [0.25, 0.3) is 11.8 Å². The average molecular weight is 495 g/mol. The van der Waals surface area contributed by atoms with E-state index in [1.807, 2.05) is 61.5 Å². The molecule has 1 atom stereocenters. The highest BCUT2D eigenvalue weighted by atomic mass is 16.5. The Balaban J connectivity index is 1.60. The maximum Gasteiger partial charge on any atom is 0.291 e. The molecule has 0 fully saturated rings. The highest BCUT2D eigenvalue weighted by Gasteiger charge is 2.64. The molecule has 7 heteroatoms. The zero-order chi connectivity index (χ0) is 25.6. The number of carbonyl (C=O) groups excluding carboxylic acids is 2. The second kappa shape index (κ2) is 9.01. The lowest BCUT2D eigenvalue weighted by Gasteiger charge is -2.34. The van der Waals surface area contributed by atoms with E-state index in [-0.39, 0.29) is 29.2 Å². The minimum Gasteiger partial charge on any atom is -0.450 e. The summed E-state index contributed by atoms with van der Waals surface area (Å²) in [5.74, 6) is -0.854. The number of anilines is 1. The van der Waals surface area contributed by atoms with Crippen LogP contribution in [0.2, 0.25) is 0 Å². The van der Waals surface area contributed by atoms with Crippen molar-refractivity contribution in [3.8, 4) is 0 Å². The maximum absolute atomic E-state index is 14.6. The Labute approximate surface area is 213 Å². The van der Waals surface area contributed by atoms with Crippen LogP contribution in [-0.2, 0) is 21.6 Å². The van der Waals surface area contributed by atoms with Crippen LogP contribution in [0, 0.1) is 0 Å². The summed E-state index contributed by atoms with van der Waals surface area (Å²) in [7, 11) is 0. The molecule has 7 nitrogen and oxygen atoms in total. The smallest absolute Gasteiger partial charge is 0.291 e. The van der Waals surface area contributed by atoms with Gasteiger partial charge < -0.3 is 19.0 Å². The molecule has 0 aliphatic carbocycles. The van der Waals surface area contributed by atoms with Gasteiger partial charge in [0.15, 0.2) is 11.0 Å². The summed E-state index contributed by atoms with van der Waals surface area (Å²) in [4.78, 5) is 45.8. The molecule has 0 saturated carbocycles. The van der Waals surface area contributed by atoms with Crippen molar-refractivity contribution in [3.05, 3.63) is 112 Å². The predicted octanol–water partition coefficient (Wildman–Crippen LogP) is 4.47. The van der Waals surface area contributed by atoms with E-state index in [1.165, 1.54) is 4.90 Å². The van der Waals surface area contributed by atoms with E-state index in [0.717, 1.165) is 5.56 Å². The van der Waals surface area contributed by atoms with Crippen LogP contribution in [0.5, 0.6) is 0 Å². The molecule has 0 bridgehead atoms. The summed E-state index contributed by atoms with van der Waals surface area (Å²) in [5, 5.41) is 0.344. The molecule has 0 saturated heterocycles. The van der Waals surface area contributed by atoms with Gasteiger partial charge in [0.05, 0.1) is 23.2 Å². The summed E-state index contributed by atoms with van der Waals surface area (Å²) >= 11 is 0. The van der Waals surface area contributed by atoms with E-state index in [0.29, 0.717) is 48.4 Å². The normalized spacial score (nSPS) is 18.2. The Morgan fingerprint density at radius 2 is 1.62 bits per heavy atom. The summed E-state index contributed by atoms with van der Waals surface area (Å²) in [6.07, 6.45) is 0.511. The fourth-order valence-electron chi connectivity index (χ4n) is 5.63. The first-order valence-electron chi connectivity index (χ1n) is 12.5. The molecule has 186 valence electrons. The lowest BCUT2D eigenvalue weighted by molar-refractivity contribution is -0.126. The standard InChI is InChI=1S/C30H26N2O5/c1-2-36-18-10-17-32-28(34)27-25(26(33)21-13-6-9-16-24(21)37-27)30(32)22-14-7-8-15-23(22)31(29(30)35)19-20-11-4-3-5-12-20/h3-9,11-16H,2,10,17-19H2,1H3/t30-/m1/s1. The molecule has 2 aliphatic heterocycles. The third kappa shape index (κ3) is 3.34. The van der Waals surface area contributed by atoms with Crippen LogP contribution in [0.15, 0.2) is 88.1 Å². The molecule has 0 N–H and O–H groups in total. The minimum atomic E-state index is -1.60. The van der Waals surface area contributed by atoms with Gasteiger partial charge in [-0.2, -0.15) is 0 Å². The quantitative estimate of drug-likeness (QED) is 0.354. The minimum absolute atomic E-state index is 0.0650. The van der Waals surface area contributed by atoms with Crippen LogP contribution in [0.3, 0.4) is 0 Å². The van der Waals surface area contributed by atoms with E-state index in [4.69, 9.17) is 9.15 Å². The number of hydrogen-bond acceptors (Lipinski definition) is 5. The Morgan fingerprint density at radius 3 is 2.43 bits per heavy atom. The first-order valence-corrected chi connectivity index (χ1v) is 12.5. The topological polar surface area (TPSA) is 80.1 Å². The van der Waals surface area contributed by atoms with Gasteiger partial charge in [0, 0.05) is 25.3 Å². The van der Waals surface area contributed by atoms with Gasteiger partial charge in [-0.15, -0.1) is 0 Å². The molecule has 0 unspecified atom stereocenters. The highest BCUT2D eigenvalue weighted by Crippen LogP contribution is 2.52. The van der Waals surface area contributed by atoms with Gasteiger partial charge in [-0.25, -0.2) is 0 Å². The second-order valence-electron chi connectivity index (χ2n) is 9.24. The molecule has 0 radical (unpaired) electrons. The van der Waals surface area contributed by atoms with Crippen LogP contribution >= 0.6 is 0 Å². The molecule has 37 heavy (non-hydrogen) atoms. The van der Waals surface area contributed by atoms with Crippen molar-refractivity contribution in [2.75, 3.05) is 24.7 Å². The molecule has 4 aromatic rings. The lowest BCUT2D eigenvalue weighted by atomic mass is 9.84. The van der Waals surface area contributed by atoms with Crippen LogP contribution in [0.1, 0.15) is 40.6 Å². The molecule has 1 spiro atoms. The number of hydrogen-bond donors (Lipinski definition) is 0. The first kappa shape index (κ1) is 23.2. The molecule has 2 amide bonds. The third-order valence-corrected chi connectivity index (χ3v) is 7.20. The Hall–Kier alpha value is -4.23. The average Bonchev–Trinajstić information content (AvgIpc) is 3.32. The molecule has 3 aromatic carbocycles. The maximum atomic E-state index is 14.6. The van der Waals surface area contributed by atoms with Crippen molar-refractivity contribution in [1.29, 1.82) is 0 Å². The van der Waals surface area contributed by atoms with Gasteiger partial charge in [0.1, 0.15) is 5.58 Å². The second-order valence-corrected chi connectivity index (χ2v) is 9.24. The third-order valence-electron chi connectivity index (χ3n) is 7.20. The predicted molar refractivity (Wildman–Crippen MR) is 139 cm³/mol. The van der Waals surface area contributed by atoms with E-state index < -0.39 is 11.4 Å². The largest absolute Gasteiger partial charge is 0.450 e. The summed E-state index contributed by atoms with van der Waals surface area (Å²) < 4.78 is 11.6. The van der Waals surface area contributed by atoms with Crippen molar-refractivity contribution in [3.63, 3.8) is 0 Å². The fourth-order valence-corrected chi connectivity index (χ4v) is 5.63.